The Balaban J connectivity index is 1.83. The smallest absolute Gasteiger partial charge is 0.416 e. The van der Waals surface area contributed by atoms with Crippen LogP contribution < -0.4 is 14.8 Å². The van der Waals surface area contributed by atoms with E-state index in [1.165, 1.54) is 25.3 Å². The molecule has 0 atom stereocenters. The molecule has 0 saturated carbocycles. The van der Waals surface area contributed by atoms with Gasteiger partial charge < -0.3 is 19.9 Å². The van der Waals surface area contributed by atoms with Crippen LogP contribution in [0.3, 0.4) is 0 Å². The Morgan fingerprint density at radius 3 is 2.13 bits per heavy atom. The number of hydrogen-bond donors (Lipinski definition) is 2. The topological polar surface area (TPSA) is 50.7 Å². The van der Waals surface area contributed by atoms with Gasteiger partial charge in [-0.2, -0.15) is 26.3 Å². The predicted molar refractivity (Wildman–Crippen MR) is 136 cm³/mol. The van der Waals surface area contributed by atoms with Crippen molar-refractivity contribution in [1.29, 1.82) is 0 Å². The Morgan fingerprint density at radius 1 is 0.897 bits per heavy atom. The van der Waals surface area contributed by atoms with Crippen LogP contribution in [0.2, 0.25) is 0 Å². The third-order valence-electron chi connectivity index (χ3n) is 6.58. The van der Waals surface area contributed by atoms with Crippen molar-refractivity contribution < 1.29 is 40.9 Å². The van der Waals surface area contributed by atoms with Crippen LogP contribution >= 0.6 is 0 Å². The van der Waals surface area contributed by atoms with Gasteiger partial charge in [-0.25, -0.2) is 0 Å². The Hall–Kier alpha value is -4.08. The van der Waals surface area contributed by atoms with E-state index < -0.39 is 29.0 Å². The summed E-state index contributed by atoms with van der Waals surface area (Å²) in [6.45, 7) is 5.79. The van der Waals surface area contributed by atoms with Crippen LogP contribution in [0, 0.1) is 0 Å². The molecule has 3 aromatic carbocycles. The fourth-order valence-electron chi connectivity index (χ4n) is 5.16. The van der Waals surface area contributed by atoms with E-state index in [-0.39, 0.29) is 34.6 Å². The molecule has 0 fully saturated rings. The molecule has 0 aromatic heterocycles. The highest BCUT2D eigenvalue weighted by Gasteiger charge is 2.38. The van der Waals surface area contributed by atoms with Crippen molar-refractivity contribution in [2.45, 2.75) is 38.7 Å². The second kappa shape index (κ2) is 8.72. The van der Waals surface area contributed by atoms with Crippen LogP contribution in [0.4, 0.5) is 32.0 Å². The van der Waals surface area contributed by atoms with Gasteiger partial charge in [-0.1, -0.05) is 12.1 Å². The first-order chi connectivity index (χ1) is 18.1. The molecule has 39 heavy (non-hydrogen) atoms. The van der Waals surface area contributed by atoms with Gasteiger partial charge in [-0.05, 0) is 74.4 Å². The second-order valence-corrected chi connectivity index (χ2v) is 10.0. The molecule has 0 aliphatic carbocycles. The number of anilines is 1. The number of phenolic OH excluding ortho intramolecular Hbond substituents is 1. The van der Waals surface area contributed by atoms with Crippen LogP contribution in [-0.2, 0) is 12.4 Å². The first-order valence-corrected chi connectivity index (χ1v) is 11.8. The van der Waals surface area contributed by atoms with Gasteiger partial charge in [0.15, 0.2) is 11.5 Å². The Morgan fingerprint density at radius 2 is 1.54 bits per heavy atom. The Kier molecular flexibility index (Phi) is 5.93. The van der Waals surface area contributed by atoms with Crippen molar-refractivity contribution in [3.63, 3.8) is 0 Å². The van der Waals surface area contributed by atoms with Crippen LogP contribution in [0.25, 0.3) is 28.5 Å². The molecule has 0 bridgehead atoms. The molecular formula is C29H23F6NO3. The van der Waals surface area contributed by atoms with Crippen molar-refractivity contribution in [1.82, 2.24) is 0 Å². The molecule has 0 unspecified atom stereocenters. The average molecular weight is 547 g/mol. The van der Waals surface area contributed by atoms with Gasteiger partial charge in [0.05, 0.1) is 29.3 Å². The quantitative estimate of drug-likeness (QED) is 0.316. The molecule has 2 heterocycles. The Labute approximate surface area is 220 Å². The molecular weight excluding hydrogens is 524 g/mol. The van der Waals surface area contributed by atoms with Gasteiger partial charge in [0.25, 0.3) is 0 Å². The molecule has 0 amide bonds. The number of hydrogen-bond acceptors (Lipinski definition) is 4. The summed E-state index contributed by atoms with van der Waals surface area (Å²) >= 11 is 0. The summed E-state index contributed by atoms with van der Waals surface area (Å²) < 4.78 is 92.9. The number of methoxy groups -OCH3 is 1. The number of ether oxygens (including phenoxy) is 2. The summed E-state index contributed by atoms with van der Waals surface area (Å²) in [4.78, 5) is 0. The summed E-state index contributed by atoms with van der Waals surface area (Å²) in [6, 6.07) is 7.76. The molecule has 10 heteroatoms. The molecule has 2 aliphatic heterocycles. The number of allylic oxidation sites excluding steroid dienone is 1. The summed E-state index contributed by atoms with van der Waals surface area (Å²) in [5.74, 6) is 0.230. The lowest BCUT2D eigenvalue weighted by Gasteiger charge is -2.35. The lowest BCUT2D eigenvalue weighted by molar-refractivity contribution is -0.143. The number of aromatic hydroxyl groups is 1. The third kappa shape index (κ3) is 4.68. The minimum Gasteiger partial charge on any atom is -0.504 e. The molecule has 204 valence electrons. The molecule has 0 saturated heterocycles. The van der Waals surface area contributed by atoms with E-state index in [2.05, 4.69) is 5.32 Å². The molecule has 5 rings (SSSR count). The SMILES string of the molecule is COc1c(O)ccc2c1-c1ccc3c(c1C(=Cc1cc(C(F)(F)F)cc(C(F)(F)F)c1)O2)C(C)=CC(C)(C)N3. The van der Waals surface area contributed by atoms with Crippen molar-refractivity contribution in [3.8, 4) is 28.4 Å². The van der Waals surface area contributed by atoms with E-state index in [0.29, 0.717) is 40.1 Å². The van der Waals surface area contributed by atoms with E-state index in [9.17, 15) is 31.4 Å². The highest BCUT2D eigenvalue weighted by molar-refractivity contribution is 6.02. The number of nitrogens with one attached hydrogen (secondary N) is 1. The van der Waals surface area contributed by atoms with E-state index in [1.54, 1.807) is 6.07 Å². The predicted octanol–water partition coefficient (Wildman–Crippen LogP) is 8.60. The van der Waals surface area contributed by atoms with Gasteiger partial charge in [0.2, 0.25) is 0 Å². The van der Waals surface area contributed by atoms with Gasteiger partial charge in [0.1, 0.15) is 11.5 Å². The maximum atomic E-state index is 13.5. The fraction of sp³-hybridized carbons (Fsp3) is 0.241. The van der Waals surface area contributed by atoms with E-state index in [1.807, 2.05) is 32.9 Å². The van der Waals surface area contributed by atoms with Gasteiger partial charge in [-0.3, -0.25) is 0 Å². The number of fused-ring (bicyclic) bond motifs is 5. The first-order valence-electron chi connectivity index (χ1n) is 11.8. The van der Waals surface area contributed by atoms with E-state index in [4.69, 9.17) is 9.47 Å². The Bertz CT molecular complexity index is 1530. The third-order valence-corrected chi connectivity index (χ3v) is 6.58. The van der Waals surface area contributed by atoms with Crippen molar-refractivity contribution in [3.05, 3.63) is 76.4 Å². The number of phenols is 1. The largest absolute Gasteiger partial charge is 0.504 e. The highest BCUT2D eigenvalue weighted by Crippen LogP contribution is 2.54. The average Bonchev–Trinajstić information content (AvgIpc) is 2.81. The van der Waals surface area contributed by atoms with Crippen molar-refractivity contribution >= 4 is 23.1 Å². The monoisotopic (exact) mass is 547 g/mol. The zero-order valence-electron chi connectivity index (χ0n) is 21.2. The maximum absolute atomic E-state index is 13.5. The normalized spacial score (nSPS) is 16.9. The fourth-order valence-corrected chi connectivity index (χ4v) is 5.16. The number of alkyl halides is 6. The minimum atomic E-state index is -4.99. The summed E-state index contributed by atoms with van der Waals surface area (Å²) in [5, 5.41) is 13.8. The minimum absolute atomic E-state index is 0.0452. The second-order valence-electron chi connectivity index (χ2n) is 10.0. The molecule has 3 aromatic rings. The first kappa shape index (κ1) is 26.5. The summed E-state index contributed by atoms with van der Waals surface area (Å²) in [7, 11) is 1.37. The molecule has 2 aliphatic rings. The van der Waals surface area contributed by atoms with Crippen molar-refractivity contribution in [2.75, 3.05) is 12.4 Å². The van der Waals surface area contributed by atoms with Gasteiger partial charge in [0, 0.05) is 22.4 Å². The molecule has 0 spiro atoms. The van der Waals surface area contributed by atoms with Crippen LogP contribution in [0.5, 0.6) is 17.2 Å². The van der Waals surface area contributed by atoms with Crippen molar-refractivity contribution in [2.24, 2.45) is 0 Å². The lowest BCUT2D eigenvalue weighted by Crippen LogP contribution is -2.32. The number of halogens is 6. The highest BCUT2D eigenvalue weighted by atomic mass is 19.4. The summed E-state index contributed by atoms with van der Waals surface area (Å²) in [5.41, 5.74) is -0.0424. The van der Waals surface area contributed by atoms with E-state index >= 15 is 0 Å². The molecule has 2 N–H and O–H groups in total. The van der Waals surface area contributed by atoms with Crippen LogP contribution in [-0.4, -0.2) is 17.8 Å². The zero-order valence-corrected chi connectivity index (χ0v) is 21.2. The van der Waals surface area contributed by atoms with Crippen LogP contribution in [0.1, 0.15) is 48.6 Å². The number of benzene rings is 3. The zero-order chi connectivity index (χ0) is 28.5. The molecule has 0 radical (unpaired) electrons. The standard InChI is InChI=1S/C29H23F6NO3/c1-14-13-27(2,3)36-19-6-5-18-24(23(14)19)22(39-21-8-7-20(37)26(38-4)25(18)21)11-15-9-16(28(30,31)32)12-17(10-15)29(33,34)35/h5-13,36-37H,1-4H3. The summed E-state index contributed by atoms with van der Waals surface area (Å²) in [6.07, 6.45) is -6.86. The lowest BCUT2D eigenvalue weighted by atomic mass is 9.82. The van der Waals surface area contributed by atoms with Gasteiger partial charge in [-0.15, -0.1) is 0 Å². The van der Waals surface area contributed by atoms with Crippen LogP contribution in [0.15, 0.2) is 48.5 Å². The molecule has 4 nitrogen and oxygen atoms in total. The van der Waals surface area contributed by atoms with Gasteiger partial charge >= 0.3 is 12.4 Å². The van der Waals surface area contributed by atoms with E-state index in [0.717, 1.165) is 5.57 Å². The number of rotatable bonds is 2. The maximum Gasteiger partial charge on any atom is 0.416 e.